The maximum absolute atomic E-state index is 13.2. The van der Waals surface area contributed by atoms with Gasteiger partial charge >= 0.3 is 12.0 Å². The summed E-state index contributed by atoms with van der Waals surface area (Å²) in [7, 11) is 0. The Kier molecular flexibility index (Phi) is 6.39. The lowest BCUT2D eigenvalue weighted by Crippen LogP contribution is -2.36. The maximum Gasteiger partial charge on any atom is 0.320 e. The Morgan fingerprint density at radius 2 is 2.14 bits per heavy atom. The molecular weight excluding hydrogens is 452 g/mol. The molecule has 35 heavy (non-hydrogen) atoms. The van der Waals surface area contributed by atoms with Crippen molar-refractivity contribution in [2.24, 2.45) is 0 Å². The van der Waals surface area contributed by atoms with E-state index in [-0.39, 0.29) is 30.8 Å². The van der Waals surface area contributed by atoms with Crippen LogP contribution in [0, 0.1) is 0 Å². The van der Waals surface area contributed by atoms with Crippen LogP contribution in [0.1, 0.15) is 42.1 Å². The van der Waals surface area contributed by atoms with Crippen LogP contribution in [0.3, 0.4) is 0 Å². The Bertz CT molecular complexity index is 1160. The average Bonchev–Trinajstić information content (AvgIpc) is 3.21. The summed E-state index contributed by atoms with van der Waals surface area (Å²) in [5.74, 6) is -0.0815. The summed E-state index contributed by atoms with van der Waals surface area (Å²) in [5.41, 5.74) is 3.16. The van der Waals surface area contributed by atoms with Crippen molar-refractivity contribution in [1.82, 2.24) is 19.8 Å². The second-order valence-corrected chi connectivity index (χ2v) is 8.98. The van der Waals surface area contributed by atoms with E-state index in [0.29, 0.717) is 30.9 Å². The van der Waals surface area contributed by atoms with Gasteiger partial charge in [-0.15, -0.1) is 0 Å². The maximum atomic E-state index is 13.2. The van der Waals surface area contributed by atoms with Crippen LogP contribution in [-0.2, 0) is 22.4 Å². The van der Waals surface area contributed by atoms with E-state index in [1.54, 1.807) is 15.9 Å². The van der Waals surface area contributed by atoms with E-state index in [1.807, 2.05) is 0 Å². The van der Waals surface area contributed by atoms with E-state index < -0.39 is 12.0 Å². The highest BCUT2D eigenvalue weighted by atomic mass is 16.5. The van der Waals surface area contributed by atoms with Crippen LogP contribution >= 0.6 is 0 Å². The molecule has 5 rings (SSSR count). The highest BCUT2D eigenvalue weighted by Crippen LogP contribution is 2.33. The second kappa shape index (κ2) is 9.77. The molecule has 3 N–H and O–H groups in total. The van der Waals surface area contributed by atoms with E-state index >= 15 is 0 Å². The van der Waals surface area contributed by atoms with Crippen molar-refractivity contribution in [3.05, 3.63) is 41.2 Å². The van der Waals surface area contributed by atoms with Crippen LogP contribution in [0.25, 0.3) is 0 Å². The summed E-state index contributed by atoms with van der Waals surface area (Å²) in [4.78, 5) is 48.7. The second-order valence-electron chi connectivity index (χ2n) is 8.98. The third-order valence-electron chi connectivity index (χ3n) is 6.56. The molecule has 2 aromatic heterocycles. The monoisotopic (exact) mass is 480 g/mol. The predicted molar refractivity (Wildman–Crippen MR) is 126 cm³/mol. The zero-order chi connectivity index (χ0) is 24.4. The number of hydrogen-bond donors (Lipinski definition) is 3. The molecule has 3 aliphatic rings. The minimum Gasteiger partial charge on any atom is -0.481 e. The minimum atomic E-state index is -1.02. The smallest absolute Gasteiger partial charge is 0.320 e. The van der Waals surface area contributed by atoms with E-state index in [2.05, 4.69) is 27.8 Å². The molecule has 3 amide bonds. The zero-order valence-electron chi connectivity index (χ0n) is 19.3. The number of nitrogens with zero attached hydrogens (tertiary/aromatic N) is 4. The van der Waals surface area contributed by atoms with Crippen LogP contribution in [0.4, 0.5) is 16.3 Å². The number of urea groups is 1. The van der Waals surface area contributed by atoms with Crippen LogP contribution in [0.5, 0.6) is 5.88 Å². The van der Waals surface area contributed by atoms with Crippen molar-refractivity contribution in [2.45, 2.75) is 38.1 Å². The number of anilines is 2. The molecule has 1 atom stereocenters. The first-order valence-corrected chi connectivity index (χ1v) is 11.9. The van der Waals surface area contributed by atoms with Gasteiger partial charge in [0.2, 0.25) is 5.88 Å². The molecular formula is C24H28N6O5. The largest absolute Gasteiger partial charge is 0.481 e. The first kappa shape index (κ1) is 22.9. The van der Waals surface area contributed by atoms with Gasteiger partial charge in [-0.05, 0) is 48.9 Å². The third kappa shape index (κ3) is 4.98. The molecule has 0 aromatic carbocycles. The molecule has 184 valence electrons. The number of hydrogen-bond acceptors (Lipinski definition) is 7. The Morgan fingerprint density at radius 1 is 1.26 bits per heavy atom. The standard InChI is InChI=1S/C24H28N6O5/c31-20-14-35-23-18(28-20)11-16(13-26-23)19(12-21(32)33)30-10-9-29(24(30)34)8-2-4-17-6-5-15-3-1-7-25-22(15)27-17/h5-6,11,13,19H,1-4,7-10,12,14H2,(H,25,27)(H,28,31)(H,32,33)/t19-/m0/s1. The van der Waals surface area contributed by atoms with Crippen LogP contribution in [-0.4, -0.2) is 75.6 Å². The number of amides is 3. The number of pyridine rings is 2. The van der Waals surface area contributed by atoms with E-state index in [1.165, 1.54) is 11.8 Å². The van der Waals surface area contributed by atoms with Crippen LogP contribution in [0.2, 0.25) is 0 Å². The van der Waals surface area contributed by atoms with Gasteiger partial charge in [-0.2, -0.15) is 0 Å². The molecule has 5 heterocycles. The minimum absolute atomic E-state index is 0.116. The number of carboxylic acids is 1. The van der Waals surface area contributed by atoms with Gasteiger partial charge in [-0.1, -0.05) is 6.07 Å². The Hall–Kier alpha value is -3.89. The molecule has 0 spiro atoms. The molecule has 2 aromatic rings. The summed E-state index contributed by atoms with van der Waals surface area (Å²) in [6.07, 6.45) is 4.93. The summed E-state index contributed by atoms with van der Waals surface area (Å²) < 4.78 is 5.29. The highest BCUT2D eigenvalue weighted by molar-refractivity contribution is 5.95. The number of rotatable bonds is 8. The van der Waals surface area contributed by atoms with Gasteiger partial charge in [-0.3, -0.25) is 9.59 Å². The van der Waals surface area contributed by atoms with Gasteiger partial charge in [0.05, 0.1) is 12.5 Å². The summed E-state index contributed by atoms with van der Waals surface area (Å²) in [6, 6.07) is 4.92. The number of fused-ring (bicyclic) bond motifs is 2. The number of carboxylic acid groups (broad SMARTS) is 1. The molecule has 0 saturated carbocycles. The zero-order valence-corrected chi connectivity index (χ0v) is 19.3. The number of aliphatic carboxylic acids is 1. The SMILES string of the molecule is O=C(O)C[C@@H](c1cnc2c(c1)NC(=O)CO2)N1CCN(CCCc2ccc3c(n2)NCCC3)C1=O. The molecule has 0 radical (unpaired) electrons. The Balaban J connectivity index is 1.24. The lowest BCUT2D eigenvalue weighted by molar-refractivity contribution is -0.138. The Morgan fingerprint density at radius 3 is 3.00 bits per heavy atom. The normalized spacial score (nSPS) is 17.7. The summed E-state index contributed by atoms with van der Waals surface area (Å²) >= 11 is 0. The van der Waals surface area contributed by atoms with Gasteiger partial charge in [-0.25, -0.2) is 14.8 Å². The first-order chi connectivity index (χ1) is 17.0. The predicted octanol–water partition coefficient (Wildman–Crippen LogP) is 2.05. The van der Waals surface area contributed by atoms with Crippen molar-refractivity contribution < 1.29 is 24.2 Å². The van der Waals surface area contributed by atoms with Crippen molar-refractivity contribution in [1.29, 1.82) is 0 Å². The van der Waals surface area contributed by atoms with E-state index in [9.17, 15) is 19.5 Å². The molecule has 11 heteroatoms. The number of aromatic nitrogens is 2. The number of ether oxygens (including phenoxy) is 1. The molecule has 0 unspecified atom stereocenters. The third-order valence-corrected chi connectivity index (χ3v) is 6.56. The number of carbonyl (C=O) groups is 3. The van der Waals surface area contributed by atoms with Gasteiger partial charge in [0.25, 0.3) is 5.91 Å². The lowest BCUT2D eigenvalue weighted by Gasteiger charge is -2.28. The van der Waals surface area contributed by atoms with Crippen molar-refractivity contribution in [2.75, 3.05) is 43.4 Å². The van der Waals surface area contributed by atoms with Gasteiger partial charge in [0.15, 0.2) is 6.61 Å². The van der Waals surface area contributed by atoms with Gasteiger partial charge < -0.3 is 30.3 Å². The number of nitrogens with one attached hydrogen (secondary N) is 2. The van der Waals surface area contributed by atoms with Gasteiger partial charge in [0.1, 0.15) is 11.5 Å². The molecule has 11 nitrogen and oxygen atoms in total. The lowest BCUT2D eigenvalue weighted by atomic mass is 10.0. The van der Waals surface area contributed by atoms with Crippen molar-refractivity contribution >= 4 is 29.4 Å². The fraction of sp³-hybridized carbons (Fsp3) is 0.458. The van der Waals surface area contributed by atoms with Gasteiger partial charge in [0, 0.05) is 38.1 Å². The Labute approximate surface area is 202 Å². The quantitative estimate of drug-likeness (QED) is 0.522. The van der Waals surface area contributed by atoms with Crippen LogP contribution in [0.15, 0.2) is 24.4 Å². The average molecular weight is 481 g/mol. The molecule has 0 bridgehead atoms. The summed E-state index contributed by atoms with van der Waals surface area (Å²) in [5, 5.41) is 15.5. The highest BCUT2D eigenvalue weighted by Gasteiger charge is 2.36. The van der Waals surface area contributed by atoms with Crippen molar-refractivity contribution in [3.63, 3.8) is 0 Å². The van der Waals surface area contributed by atoms with E-state index in [0.717, 1.165) is 43.7 Å². The molecule has 0 aliphatic carbocycles. The fourth-order valence-electron chi connectivity index (χ4n) is 4.81. The van der Waals surface area contributed by atoms with E-state index in [4.69, 9.17) is 9.72 Å². The molecule has 1 saturated heterocycles. The topological polar surface area (TPSA) is 137 Å². The molecule has 1 fully saturated rings. The van der Waals surface area contributed by atoms with Crippen molar-refractivity contribution in [3.8, 4) is 5.88 Å². The first-order valence-electron chi connectivity index (χ1n) is 11.9. The molecule has 3 aliphatic heterocycles. The fourth-order valence-corrected chi connectivity index (χ4v) is 4.81. The summed E-state index contributed by atoms with van der Waals surface area (Å²) in [6.45, 7) is 2.32. The number of aryl methyl sites for hydroxylation is 2. The van der Waals surface area contributed by atoms with Crippen LogP contribution < -0.4 is 15.4 Å². The number of carbonyl (C=O) groups excluding carboxylic acids is 2.